The van der Waals surface area contributed by atoms with Gasteiger partial charge >= 0.3 is 5.97 Å². The third-order valence-corrected chi connectivity index (χ3v) is 6.02. The first-order chi connectivity index (χ1) is 9.24. The number of carboxylic acids is 1. The van der Waals surface area contributed by atoms with Crippen LogP contribution >= 0.6 is 39.3 Å². The normalized spacial score (nSPS) is 11.4. The van der Waals surface area contributed by atoms with E-state index >= 15 is 0 Å². The molecule has 0 heterocycles. The summed E-state index contributed by atoms with van der Waals surface area (Å²) >= 11 is 9.87. The molecule has 0 spiro atoms. The van der Waals surface area contributed by atoms with Gasteiger partial charge in [-0.25, -0.2) is 13.2 Å². The number of carboxylic acid groups (broad SMARTS) is 1. The smallest absolute Gasteiger partial charge is 0.336 e. The number of nitrogens with zero attached hydrogens (tertiary/aromatic N) is 1. The van der Waals surface area contributed by atoms with Crippen LogP contribution in [0.25, 0.3) is 0 Å². The van der Waals surface area contributed by atoms with Crippen LogP contribution in [0, 0.1) is 0 Å². The lowest BCUT2D eigenvalue weighted by Gasteiger charge is -2.22. The summed E-state index contributed by atoms with van der Waals surface area (Å²) in [6, 6.07) is 3.02. The molecule has 0 bridgehead atoms. The number of aromatic carboxylic acids is 1. The number of hydrogen-bond donors (Lipinski definition) is 1. The van der Waals surface area contributed by atoms with Gasteiger partial charge in [-0.3, -0.25) is 4.31 Å². The molecule has 0 amide bonds. The van der Waals surface area contributed by atoms with E-state index in [-0.39, 0.29) is 17.2 Å². The van der Waals surface area contributed by atoms with Crippen molar-refractivity contribution in [3.63, 3.8) is 0 Å². The van der Waals surface area contributed by atoms with Crippen molar-refractivity contribution in [2.24, 2.45) is 0 Å². The predicted molar refractivity (Wildman–Crippen MR) is 85.8 cm³/mol. The Hall–Kier alpha value is -0.440. The van der Waals surface area contributed by atoms with E-state index in [9.17, 15) is 18.3 Å². The highest BCUT2D eigenvalue weighted by Gasteiger charge is 2.24. The summed E-state index contributed by atoms with van der Waals surface area (Å²) in [5.41, 5.74) is 0.365. The second-order valence-electron chi connectivity index (χ2n) is 3.78. The van der Waals surface area contributed by atoms with Gasteiger partial charge in [0.2, 0.25) is 10.0 Å². The van der Waals surface area contributed by atoms with Crippen LogP contribution in [0.2, 0.25) is 0 Å². The average molecular weight is 403 g/mol. The molecule has 5 nitrogen and oxygen atoms in total. The number of anilines is 1. The van der Waals surface area contributed by atoms with Crippen molar-refractivity contribution >= 4 is 61.0 Å². The Morgan fingerprint density at radius 2 is 2.10 bits per heavy atom. The second-order valence-corrected chi connectivity index (χ2v) is 8.01. The topological polar surface area (TPSA) is 74.7 Å². The van der Waals surface area contributed by atoms with E-state index in [1.807, 2.05) is 0 Å². The maximum Gasteiger partial charge on any atom is 0.336 e. The summed E-state index contributed by atoms with van der Waals surface area (Å²) in [6.07, 6.45) is 1.70. The van der Waals surface area contributed by atoms with Gasteiger partial charge in [0.1, 0.15) is 0 Å². The molecule has 20 heavy (non-hydrogen) atoms. The molecule has 9 heteroatoms. The fourth-order valence-corrected chi connectivity index (χ4v) is 4.34. The Balaban J connectivity index is 3.48. The lowest BCUT2D eigenvalue weighted by molar-refractivity contribution is 0.0693. The van der Waals surface area contributed by atoms with Gasteiger partial charge in [0.15, 0.2) is 0 Å². The van der Waals surface area contributed by atoms with Crippen molar-refractivity contribution in [3.05, 3.63) is 22.2 Å². The van der Waals surface area contributed by atoms with E-state index < -0.39 is 16.0 Å². The Morgan fingerprint density at radius 1 is 1.50 bits per heavy atom. The van der Waals surface area contributed by atoms with Crippen molar-refractivity contribution in [1.29, 1.82) is 0 Å². The van der Waals surface area contributed by atoms with Crippen LogP contribution in [-0.2, 0) is 10.0 Å². The maximum absolute atomic E-state index is 12.1. The first kappa shape index (κ1) is 17.6. The van der Waals surface area contributed by atoms with Crippen LogP contribution in [-0.4, -0.2) is 44.4 Å². The monoisotopic (exact) mass is 401 g/mol. The summed E-state index contributed by atoms with van der Waals surface area (Å²) in [4.78, 5) is 11.6. The quantitative estimate of drug-likeness (QED) is 0.585. The first-order valence-corrected chi connectivity index (χ1v) is 9.54. The number of rotatable bonds is 6. The van der Waals surface area contributed by atoms with Crippen LogP contribution in [0.15, 0.2) is 21.5 Å². The fourth-order valence-electron chi connectivity index (χ4n) is 1.57. The van der Waals surface area contributed by atoms with Gasteiger partial charge < -0.3 is 5.11 Å². The van der Waals surface area contributed by atoms with Crippen LogP contribution in [0.1, 0.15) is 10.4 Å². The van der Waals surface area contributed by atoms with Crippen LogP contribution in [0.5, 0.6) is 0 Å². The SMILES string of the molecule is CSc1c(C(=O)O)cc(Br)cc1N(C)S(=O)(=O)CCCl. The zero-order chi connectivity index (χ0) is 15.5. The number of thioether (sulfide) groups is 1. The molecular formula is C11H13BrClNO4S2. The highest BCUT2D eigenvalue weighted by atomic mass is 79.9. The first-order valence-electron chi connectivity index (χ1n) is 5.38. The molecular weight excluding hydrogens is 390 g/mol. The summed E-state index contributed by atoms with van der Waals surface area (Å²) in [5.74, 6) is -1.35. The van der Waals surface area contributed by atoms with Gasteiger partial charge in [0, 0.05) is 22.3 Å². The number of carbonyl (C=O) groups is 1. The van der Waals surface area contributed by atoms with Gasteiger partial charge in [-0.2, -0.15) is 0 Å². The number of halogens is 2. The van der Waals surface area contributed by atoms with E-state index in [0.29, 0.717) is 15.1 Å². The molecule has 0 aromatic heterocycles. The molecule has 1 rings (SSSR count). The highest BCUT2D eigenvalue weighted by Crippen LogP contribution is 2.36. The van der Waals surface area contributed by atoms with Crippen molar-refractivity contribution in [3.8, 4) is 0 Å². The minimum absolute atomic E-state index is 0.0267. The molecule has 0 atom stereocenters. The zero-order valence-electron chi connectivity index (χ0n) is 10.8. The molecule has 1 aromatic carbocycles. The van der Waals surface area contributed by atoms with E-state index in [0.717, 1.165) is 4.31 Å². The van der Waals surface area contributed by atoms with Gasteiger partial charge in [-0.1, -0.05) is 15.9 Å². The average Bonchev–Trinajstić information content (AvgIpc) is 2.36. The van der Waals surface area contributed by atoms with E-state index in [1.54, 1.807) is 12.3 Å². The van der Waals surface area contributed by atoms with Gasteiger partial charge in [0.25, 0.3) is 0 Å². The van der Waals surface area contributed by atoms with Crippen LogP contribution < -0.4 is 4.31 Å². The van der Waals surface area contributed by atoms with Gasteiger partial charge in [-0.05, 0) is 18.4 Å². The standard InChI is InChI=1S/C11H13BrClNO4S2/c1-14(20(17,18)4-3-13)9-6-7(12)5-8(11(15)16)10(9)19-2/h5-6H,3-4H2,1-2H3,(H,15,16). The maximum atomic E-state index is 12.1. The van der Waals surface area contributed by atoms with Crippen molar-refractivity contribution < 1.29 is 18.3 Å². The number of benzene rings is 1. The Bertz CT molecular complexity index is 621. The van der Waals surface area contributed by atoms with Crippen molar-refractivity contribution in [1.82, 2.24) is 0 Å². The van der Waals surface area contributed by atoms with Crippen molar-refractivity contribution in [2.75, 3.05) is 29.2 Å². The van der Waals surface area contributed by atoms with Gasteiger partial charge in [-0.15, -0.1) is 23.4 Å². The largest absolute Gasteiger partial charge is 0.478 e. The number of sulfonamides is 1. The minimum atomic E-state index is -3.58. The number of hydrogen-bond acceptors (Lipinski definition) is 4. The third kappa shape index (κ3) is 3.81. The Kier molecular flexibility index (Phi) is 6.18. The highest BCUT2D eigenvalue weighted by molar-refractivity contribution is 9.10. The number of alkyl halides is 1. The molecule has 0 aliphatic carbocycles. The minimum Gasteiger partial charge on any atom is -0.478 e. The Labute approximate surface area is 135 Å². The van der Waals surface area contributed by atoms with Crippen molar-refractivity contribution in [2.45, 2.75) is 4.90 Å². The molecule has 0 fully saturated rings. The second kappa shape index (κ2) is 7.02. The summed E-state index contributed by atoms with van der Waals surface area (Å²) in [5, 5.41) is 9.21. The summed E-state index contributed by atoms with van der Waals surface area (Å²) in [7, 11) is -2.20. The third-order valence-electron chi connectivity index (χ3n) is 2.56. The molecule has 1 aromatic rings. The zero-order valence-corrected chi connectivity index (χ0v) is 14.7. The molecule has 0 saturated carbocycles. The molecule has 0 aliphatic heterocycles. The van der Waals surface area contributed by atoms with Gasteiger partial charge in [0.05, 0.1) is 17.0 Å². The molecule has 1 N–H and O–H groups in total. The molecule has 112 valence electrons. The van der Waals surface area contributed by atoms with E-state index in [2.05, 4.69) is 15.9 Å². The molecule has 0 saturated heterocycles. The molecule has 0 unspecified atom stereocenters. The lowest BCUT2D eigenvalue weighted by atomic mass is 10.2. The molecule has 0 radical (unpaired) electrons. The van der Waals surface area contributed by atoms with E-state index in [4.69, 9.17) is 11.6 Å². The fraction of sp³-hybridized carbons (Fsp3) is 0.364. The molecule has 0 aliphatic rings. The summed E-state index contributed by atoms with van der Waals surface area (Å²) < 4.78 is 25.7. The predicted octanol–water partition coefficient (Wildman–Crippen LogP) is 2.87. The Morgan fingerprint density at radius 3 is 2.55 bits per heavy atom. The lowest BCUT2D eigenvalue weighted by Crippen LogP contribution is -2.30. The summed E-state index contributed by atoms with van der Waals surface area (Å²) in [6.45, 7) is 0. The van der Waals surface area contributed by atoms with E-state index in [1.165, 1.54) is 24.9 Å². The van der Waals surface area contributed by atoms with Crippen LogP contribution in [0.3, 0.4) is 0 Å². The van der Waals surface area contributed by atoms with Crippen LogP contribution in [0.4, 0.5) is 5.69 Å².